The molecule has 0 saturated carbocycles. The third kappa shape index (κ3) is 4.72. The standard InChI is InChI=1S/C21H19F3N2OS/c1-2-10-26(20(27)19-9-5-12-28-19)15-18-8-4-11-25(18)14-16-6-3-7-17(13-16)21(22,23)24/h2-9,11-13H,1,10,14-15H2. The van der Waals surface area contributed by atoms with Crippen LogP contribution < -0.4 is 0 Å². The zero-order valence-corrected chi connectivity index (χ0v) is 15.8. The molecule has 28 heavy (non-hydrogen) atoms. The lowest BCUT2D eigenvalue weighted by Crippen LogP contribution is -2.31. The number of carbonyl (C=O) groups is 1. The Kier molecular flexibility index (Phi) is 6.04. The Hall–Kier alpha value is -2.80. The van der Waals surface area contributed by atoms with Gasteiger partial charge in [-0.3, -0.25) is 4.79 Å². The smallest absolute Gasteiger partial charge is 0.345 e. The summed E-state index contributed by atoms with van der Waals surface area (Å²) in [5.74, 6) is -0.0956. The van der Waals surface area contributed by atoms with Crippen LogP contribution in [-0.4, -0.2) is 21.9 Å². The van der Waals surface area contributed by atoms with E-state index < -0.39 is 11.7 Å². The molecule has 0 unspecified atom stereocenters. The first-order chi connectivity index (χ1) is 13.4. The summed E-state index contributed by atoms with van der Waals surface area (Å²) < 4.78 is 40.7. The van der Waals surface area contributed by atoms with Gasteiger partial charge in [-0.1, -0.05) is 24.3 Å². The highest BCUT2D eigenvalue weighted by Crippen LogP contribution is 2.29. The van der Waals surface area contributed by atoms with Crippen LogP contribution >= 0.6 is 11.3 Å². The van der Waals surface area contributed by atoms with Crippen molar-refractivity contribution in [1.29, 1.82) is 0 Å². The highest BCUT2D eigenvalue weighted by molar-refractivity contribution is 7.12. The van der Waals surface area contributed by atoms with E-state index in [0.717, 1.165) is 17.8 Å². The van der Waals surface area contributed by atoms with Gasteiger partial charge in [0.05, 0.1) is 17.0 Å². The third-order valence-electron chi connectivity index (χ3n) is 4.25. The first kappa shape index (κ1) is 19.9. The Morgan fingerprint density at radius 3 is 2.68 bits per heavy atom. The fourth-order valence-electron chi connectivity index (χ4n) is 2.92. The van der Waals surface area contributed by atoms with Crippen LogP contribution in [0.4, 0.5) is 13.2 Å². The average Bonchev–Trinajstić information content (AvgIpc) is 3.33. The number of carbonyl (C=O) groups excluding carboxylic acids is 1. The van der Waals surface area contributed by atoms with E-state index in [4.69, 9.17) is 0 Å². The molecule has 3 nitrogen and oxygen atoms in total. The monoisotopic (exact) mass is 404 g/mol. The van der Waals surface area contributed by atoms with Crippen molar-refractivity contribution in [3.63, 3.8) is 0 Å². The first-order valence-corrected chi connectivity index (χ1v) is 9.50. The first-order valence-electron chi connectivity index (χ1n) is 8.62. The maximum absolute atomic E-state index is 12.9. The Bertz CT molecular complexity index is 945. The minimum absolute atomic E-state index is 0.0956. The number of benzene rings is 1. The molecule has 0 spiro atoms. The maximum Gasteiger partial charge on any atom is 0.416 e. The number of hydrogen-bond acceptors (Lipinski definition) is 2. The molecule has 0 atom stereocenters. The second-order valence-corrected chi connectivity index (χ2v) is 7.22. The summed E-state index contributed by atoms with van der Waals surface area (Å²) >= 11 is 1.37. The molecular weight excluding hydrogens is 385 g/mol. The Labute approximate surface area is 165 Å². The SMILES string of the molecule is C=CCN(Cc1cccn1Cc1cccc(C(F)(F)F)c1)C(=O)c1cccs1. The van der Waals surface area contributed by atoms with Gasteiger partial charge in [-0.05, 0) is 41.3 Å². The molecule has 3 aromatic rings. The van der Waals surface area contributed by atoms with Crippen molar-refractivity contribution in [2.24, 2.45) is 0 Å². The van der Waals surface area contributed by atoms with Crippen LogP contribution in [0, 0.1) is 0 Å². The third-order valence-corrected chi connectivity index (χ3v) is 5.11. The van der Waals surface area contributed by atoms with Crippen molar-refractivity contribution >= 4 is 17.2 Å². The summed E-state index contributed by atoms with van der Waals surface area (Å²) in [6, 6.07) is 12.6. The van der Waals surface area contributed by atoms with Crippen LogP contribution in [-0.2, 0) is 19.3 Å². The van der Waals surface area contributed by atoms with Crippen molar-refractivity contribution in [2.45, 2.75) is 19.3 Å². The largest absolute Gasteiger partial charge is 0.416 e. The van der Waals surface area contributed by atoms with E-state index in [2.05, 4.69) is 6.58 Å². The van der Waals surface area contributed by atoms with Gasteiger partial charge in [-0.2, -0.15) is 13.2 Å². The molecule has 0 N–H and O–H groups in total. The minimum atomic E-state index is -4.37. The van der Waals surface area contributed by atoms with Crippen LogP contribution in [0.3, 0.4) is 0 Å². The molecule has 0 aliphatic heterocycles. The lowest BCUT2D eigenvalue weighted by molar-refractivity contribution is -0.137. The van der Waals surface area contributed by atoms with Crippen LogP contribution in [0.1, 0.15) is 26.5 Å². The average molecular weight is 404 g/mol. The summed E-state index contributed by atoms with van der Waals surface area (Å²) in [5, 5.41) is 1.84. The molecule has 2 aromatic heterocycles. The van der Waals surface area contributed by atoms with Gasteiger partial charge >= 0.3 is 6.18 Å². The fraction of sp³-hybridized carbons (Fsp3) is 0.190. The van der Waals surface area contributed by atoms with E-state index in [0.29, 0.717) is 30.1 Å². The van der Waals surface area contributed by atoms with Crippen LogP contribution in [0.2, 0.25) is 0 Å². The van der Waals surface area contributed by atoms with Gasteiger partial charge in [0.2, 0.25) is 0 Å². The van der Waals surface area contributed by atoms with Crippen molar-refractivity contribution in [1.82, 2.24) is 9.47 Å². The van der Waals surface area contributed by atoms with Gasteiger partial charge in [0.15, 0.2) is 0 Å². The number of rotatable bonds is 7. The van der Waals surface area contributed by atoms with Crippen molar-refractivity contribution < 1.29 is 18.0 Å². The van der Waals surface area contributed by atoms with Gasteiger partial charge in [0.1, 0.15) is 0 Å². The fourth-order valence-corrected chi connectivity index (χ4v) is 3.61. The van der Waals surface area contributed by atoms with Gasteiger partial charge in [-0.15, -0.1) is 17.9 Å². The number of aromatic nitrogens is 1. The second kappa shape index (κ2) is 8.48. The summed E-state index contributed by atoms with van der Waals surface area (Å²) in [5.41, 5.74) is 0.719. The molecule has 0 aliphatic carbocycles. The van der Waals surface area contributed by atoms with Gasteiger partial charge < -0.3 is 9.47 Å². The molecule has 0 radical (unpaired) electrons. The summed E-state index contributed by atoms with van der Waals surface area (Å²) in [6.45, 7) is 4.73. The number of nitrogens with zero attached hydrogens (tertiary/aromatic N) is 2. The Balaban J connectivity index is 1.79. The molecule has 2 heterocycles. The summed E-state index contributed by atoms with van der Waals surface area (Å²) in [6.07, 6.45) is -0.910. The summed E-state index contributed by atoms with van der Waals surface area (Å²) in [4.78, 5) is 15.0. The highest BCUT2D eigenvalue weighted by Gasteiger charge is 2.30. The Morgan fingerprint density at radius 1 is 1.18 bits per heavy atom. The molecule has 0 bridgehead atoms. The van der Waals surface area contributed by atoms with E-state index in [1.165, 1.54) is 17.4 Å². The van der Waals surface area contributed by atoms with E-state index in [9.17, 15) is 18.0 Å². The topological polar surface area (TPSA) is 25.2 Å². The van der Waals surface area contributed by atoms with Crippen LogP contribution in [0.15, 0.2) is 72.8 Å². The zero-order chi connectivity index (χ0) is 20.1. The highest BCUT2D eigenvalue weighted by atomic mass is 32.1. The molecule has 1 amide bonds. The lowest BCUT2D eigenvalue weighted by Gasteiger charge is -2.22. The molecule has 0 saturated heterocycles. The molecular formula is C21H19F3N2OS. The van der Waals surface area contributed by atoms with Crippen LogP contribution in [0.25, 0.3) is 0 Å². The second-order valence-electron chi connectivity index (χ2n) is 6.28. The Morgan fingerprint density at radius 2 is 2.00 bits per heavy atom. The minimum Gasteiger partial charge on any atom is -0.345 e. The van der Waals surface area contributed by atoms with E-state index >= 15 is 0 Å². The number of thiophene rings is 1. The van der Waals surface area contributed by atoms with Crippen molar-refractivity contribution in [3.05, 3.63) is 94.5 Å². The quantitative estimate of drug-likeness (QED) is 0.481. The van der Waals surface area contributed by atoms with Gasteiger partial charge in [0.25, 0.3) is 5.91 Å². The van der Waals surface area contributed by atoms with E-state index in [1.807, 2.05) is 28.1 Å². The molecule has 3 rings (SSSR count). The molecule has 7 heteroatoms. The van der Waals surface area contributed by atoms with Gasteiger partial charge in [-0.25, -0.2) is 0 Å². The lowest BCUT2D eigenvalue weighted by atomic mass is 10.1. The van der Waals surface area contributed by atoms with Gasteiger partial charge in [0, 0.05) is 25.0 Å². The summed E-state index contributed by atoms with van der Waals surface area (Å²) in [7, 11) is 0. The number of alkyl halides is 3. The molecule has 146 valence electrons. The van der Waals surface area contributed by atoms with Crippen LogP contribution in [0.5, 0.6) is 0 Å². The van der Waals surface area contributed by atoms with Crippen molar-refractivity contribution in [2.75, 3.05) is 6.54 Å². The zero-order valence-electron chi connectivity index (χ0n) is 15.0. The number of halogens is 3. The maximum atomic E-state index is 12.9. The van der Waals surface area contributed by atoms with E-state index in [1.54, 1.807) is 29.3 Å². The normalized spacial score (nSPS) is 11.4. The number of hydrogen-bond donors (Lipinski definition) is 0. The predicted molar refractivity (Wildman–Crippen MR) is 104 cm³/mol. The number of amides is 1. The van der Waals surface area contributed by atoms with Crippen molar-refractivity contribution in [3.8, 4) is 0 Å². The molecule has 0 aliphatic rings. The molecule has 1 aromatic carbocycles. The molecule has 0 fully saturated rings. The van der Waals surface area contributed by atoms with E-state index in [-0.39, 0.29) is 5.91 Å². The predicted octanol–water partition coefficient (Wildman–Crippen LogP) is 5.45.